The Morgan fingerprint density at radius 1 is 1.13 bits per heavy atom. The van der Waals surface area contributed by atoms with Gasteiger partial charge in [0.1, 0.15) is 0 Å². The Balaban J connectivity index is 1.67. The van der Waals surface area contributed by atoms with E-state index in [1.54, 1.807) is 17.0 Å². The number of carbonyl (C=O) groups is 2. The van der Waals surface area contributed by atoms with Crippen molar-refractivity contribution in [2.24, 2.45) is 5.41 Å². The number of amides is 1. The van der Waals surface area contributed by atoms with E-state index in [1.807, 2.05) is 18.2 Å². The van der Waals surface area contributed by atoms with Crippen molar-refractivity contribution in [3.63, 3.8) is 0 Å². The van der Waals surface area contributed by atoms with Crippen molar-refractivity contribution in [3.8, 4) is 0 Å². The molecule has 1 aliphatic heterocycles. The van der Waals surface area contributed by atoms with Gasteiger partial charge in [0, 0.05) is 13.0 Å². The fourth-order valence-electron chi connectivity index (χ4n) is 3.54. The maximum Gasteiger partial charge on any atom is 0.303 e. The van der Waals surface area contributed by atoms with E-state index >= 15 is 4.39 Å². The van der Waals surface area contributed by atoms with Crippen molar-refractivity contribution >= 4 is 11.9 Å². The van der Waals surface area contributed by atoms with Crippen LogP contribution >= 0.6 is 0 Å². The summed E-state index contributed by atoms with van der Waals surface area (Å²) < 4.78 is 15.3. The summed E-state index contributed by atoms with van der Waals surface area (Å²) in [5.41, 5.74) is -1.27. The smallest absolute Gasteiger partial charge is 0.303 e. The molecule has 3 rings (SSSR count). The van der Waals surface area contributed by atoms with Gasteiger partial charge < -0.3 is 10.0 Å². The molecule has 0 spiro atoms. The van der Waals surface area contributed by atoms with Crippen LogP contribution in [-0.2, 0) is 15.3 Å². The third kappa shape index (κ3) is 3.54. The van der Waals surface area contributed by atoms with Crippen LogP contribution in [0.2, 0.25) is 0 Å². The van der Waals surface area contributed by atoms with Crippen LogP contribution in [-0.4, -0.2) is 35.0 Å². The zero-order chi connectivity index (χ0) is 16.5. The molecule has 2 fully saturated rings. The minimum absolute atomic E-state index is 0.0338. The van der Waals surface area contributed by atoms with Gasteiger partial charge in [0.05, 0.1) is 13.0 Å². The molecule has 2 aliphatic rings. The average Bonchev–Trinajstić information content (AvgIpc) is 3.26. The fraction of sp³-hybridized carbons (Fsp3) is 0.556. The summed E-state index contributed by atoms with van der Waals surface area (Å²) in [6.45, 7) is 0.624. The van der Waals surface area contributed by atoms with E-state index in [0.29, 0.717) is 24.9 Å². The van der Waals surface area contributed by atoms with Crippen LogP contribution < -0.4 is 0 Å². The SMILES string of the molecule is O=C(O)CC1(CC(=O)N2CCCC(F)(c3ccccc3)C2)CC1. The number of hydrogen-bond donors (Lipinski definition) is 1. The van der Waals surface area contributed by atoms with Gasteiger partial charge in [-0.1, -0.05) is 30.3 Å². The lowest BCUT2D eigenvalue weighted by Crippen LogP contribution is -2.47. The van der Waals surface area contributed by atoms with Crippen molar-refractivity contribution in [1.29, 1.82) is 0 Å². The average molecular weight is 319 g/mol. The molecule has 1 aliphatic carbocycles. The van der Waals surface area contributed by atoms with Gasteiger partial charge in [-0.15, -0.1) is 0 Å². The topological polar surface area (TPSA) is 57.6 Å². The highest BCUT2D eigenvalue weighted by molar-refractivity contribution is 5.79. The highest BCUT2D eigenvalue weighted by atomic mass is 19.1. The molecule has 1 N–H and O–H groups in total. The number of carboxylic acid groups (broad SMARTS) is 1. The maximum absolute atomic E-state index is 15.3. The quantitative estimate of drug-likeness (QED) is 0.907. The standard InChI is InChI=1S/C18H22FNO3/c19-18(14-5-2-1-3-6-14)7-4-10-20(13-18)15(21)11-17(8-9-17)12-16(22)23/h1-3,5-6H,4,7-13H2,(H,22,23). The van der Waals surface area contributed by atoms with Crippen molar-refractivity contribution in [1.82, 2.24) is 4.90 Å². The van der Waals surface area contributed by atoms with Crippen LogP contribution in [0.25, 0.3) is 0 Å². The van der Waals surface area contributed by atoms with Crippen LogP contribution in [0.4, 0.5) is 4.39 Å². The predicted molar refractivity (Wildman–Crippen MR) is 83.6 cm³/mol. The van der Waals surface area contributed by atoms with Gasteiger partial charge >= 0.3 is 5.97 Å². The highest BCUT2D eigenvalue weighted by Crippen LogP contribution is 2.52. The summed E-state index contributed by atoms with van der Waals surface area (Å²) in [5.74, 6) is -0.973. The molecule has 1 unspecified atom stereocenters. The first kappa shape index (κ1) is 16.0. The predicted octanol–water partition coefficient (Wildman–Crippen LogP) is 3.12. The minimum Gasteiger partial charge on any atom is -0.481 e. The van der Waals surface area contributed by atoms with E-state index in [0.717, 1.165) is 12.8 Å². The molecule has 1 aromatic rings. The normalized spacial score (nSPS) is 25.9. The molecule has 0 radical (unpaired) electrons. The van der Waals surface area contributed by atoms with Crippen LogP contribution in [0.3, 0.4) is 0 Å². The summed E-state index contributed by atoms with van der Waals surface area (Å²) >= 11 is 0. The van der Waals surface area contributed by atoms with Crippen LogP contribution in [0.1, 0.15) is 44.1 Å². The summed E-state index contributed by atoms with van der Waals surface area (Å²) in [4.78, 5) is 25.0. The first-order chi connectivity index (χ1) is 10.9. The number of carbonyl (C=O) groups excluding carboxylic acids is 1. The summed E-state index contributed by atoms with van der Waals surface area (Å²) in [6.07, 6.45) is 2.86. The van der Waals surface area contributed by atoms with Crippen LogP contribution in [0.15, 0.2) is 30.3 Å². The van der Waals surface area contributed by atoms with Gasteiger partial charge in [0.15, 0.2) is 5.67 Å². The number of alkyl halides is 1. The van der Waals surface area contributed by atoms with Crippen LogP contribution in [0, 0.1) is 5.41 Å². The molecule has 1 aromatic carbocycles. The van der Waals surface area contributed by atoms with E-state index < -0.39 is 11.6 Å². The third-order valence-electron chi connectivity index (χ3n) is 5.10. The minimum atomic E-state index is -1.50. The Bertz CT molecular complexity index is 600. The molecule has 1 heterocycles. The number of carboxylic acids is 1. The van der Waals surface area contributed by atoms with Gasteiger partial charge in [-0.25, -0.2) is 4.39 Å². The second-order valence-electron chi connectivity index (χ2n) is 7.00. The second kappa shape index (κ2) is 5.95. The summed E-state index contributed by atoms with van der Waals surface area (Å²) in [7, 11) is 0. The molecule has 1 saturated heterocycles. The third-order valence-corrected chi connectivity index (χ3v) is 5.10. The van der Waals surface area contributed by atoms with E-state index in [1.165, 1.54) is 0 Å². The van der Waals surface area contributed by atoms with Gasteiger partial charge in [-0.05, 0) is 36.7 Å². The molecule has 1 amide bonds. The fourth-order valence-corrected chi connectivity index (χ4v) is 3.54. The number of likely N-dealkylation sites (tertiary alicyclic amines) is 1. The number of halogens is 1. The lowest BCUT2D eigenvalue weighted by Gasteiger charge is -2.38. The van der Waals surface area contributed by atoms with Gasteiger partial charge in [-0.2, -0.15) is 0 Å². The Morgan fingerprint density at radius 3 is 2.43 bits per heavy atom. The lowest BCUT2D eigenvalue weighted by molar-refractivity contribution is -0.140. The first-order valence-electron chi connectivity index (χ1n) is 8.17. The van der Waals surface area contributed by atoms with E-state index in [2.05, 4.69) is 0 Å². The largest absolute Gasteiger partial charge is 0.481 e. The Labute approximate surface area is 135 Å². The maximum atomic E-state index is 15.3. The molecule has 5 heteroatoms. The summed E-state index contributed by atoms with van der Waals surface area (Å²) in [5, 5.41) is 8.96. The van der Waals surface area contributed by atoms with Crippen molar-refractivity contribution in [2.45, 2.75) is 44.2 Å². The van der Waals surface area contributed by atoms with E-state index in [4.69, 9.17) is 5.11 Å². The molecule has 1 saturated carbocycles. The molecule has 0 bridgehead atoms. The molecule has 4 nitrogen and oxygen atoms in total. The molecular weight excluding hydrogens is 297 g/mol. The zero-order valence-electron chi connectivity index (χ0n) is 13.1. The molecule has 124 valence electrons. The number of aliphatic carboxylic acids is 1. The van der Waals surface area contributed by atoms with E-state index in [-0.39, 0.29) is 30.7 Å². The highest BCUT2D eigenvalue weighted by Gasteiger charge is 2.48. The monoisotopic (exact) mass is 319 g/mol. The van der Waals surface area contributed by atoms with Gasteiger partial charge in [0.25, 0.3) is 0 Å². The molecule has 1 atom stereocenters. The molecule has 0 aromatic heterocycles. The van der Waals surface area contributed by atoms with Crippen molar-refractivity contribution < 1.29 is 19.1 Å². The molecular formula is C18H22FNO3. The van der Waals surface area contributed by atoms with E-state index in [9.17, 15) is 9.59 Å². The Hall–Kier alpha value is -1.91. The number of benzene rings is 1. The van der Waals surface area contributed by atoms with Crippen LogP contribution in [0.5, 0.6) is 0 Å². The number of rotatable bonds is 5. The number of piperidine rings is 1. The number of hydrogen-bond acceptors (Lipinski definition) is 2. The van der Waals surface area contributed by atoms with Crippen molar-refractivity contribution in [3.05, 3.63) is 35.9 Å². The Kier molecular flexibility index (Phi) is 4.13. The Morgan fingerprint density at radius 2 is 1.83 bits per heavy atom. The summed E-state index contributed by atoms with van der Waals surface area (Å²) in [6, 6.07) is 9.00. The van der Waals surface area contributed by atoms with Gasteiger partial charge in [0.2, 0.25) is 5.91 Å². The second-order valence-corrected chi connectivity index (χ2v) is 7.00. The zero-order valence-corrected chi connectivity index (χ0v) is 13.1. The lowest BCUT2D eigenvalue weighted by atomic mass is 9.87. The van der Waals surface area contributed by atoms with Gasteiger partial charge in [-0.3, -0.25) is 9.59 Å². The van der Waals surface area contributed by atoms with Crippen molar-refractivity contribution in [2.75, 3.05) is 13.1 Å². The number of nitrogens with zero attached hydrogens (tertiary/aromatic N) is 1. The molecule has 23 heavy (non-hydrogen) atoms. The first-order valence-corrected chi connectivity index (χ1v) is 8.17.